The molecule has 1 heterocycles. The number of nitrogens with one attached hydrogen (secondary N) is 1. The van der Waals surface area contributed by atoms with E-state index >= 15 is 0 Å². The van der Waals surface area contributed by atoms with Crippen molar-refractivity contribution in [2.45, 2.75) is 33.0 Å². The van der Waals surface area contributed by atoms with Crippen LogP contribution in [0.1, 0.15) is 25.2 Å². The van der Waals surface area contributed by atoms with Crippen LogP contribution in [0.15, 0.2) is 47.1 Å². The maximum absolute atomic E-state index is 5.69. The lowest BCUT2D eigenvalue weighted by molar-refractivity contribution is 0.0781. The van der Waals surface area contributed by atoms with Crippen molar-refractivity contribution in [3.8, 4) is 5.75 Å². The van der Waals surface area contributed by atoms with E-state index in [9.17, 15) is 0 Å². The van der Waals surface area contributed by atoms with Crippen molar-refractivity contribution in [1.29, 1.82) is 0 Å². The molecule has 21 heavy (non-hydrogen) atoms. The molecular weight excluding hydrogens is 266 g/mol. The van der Waals surface area contributed by atoms with Crippen molar-refractivity contribution in [3.63, 3.8) is 0 Å². The first-order chi connectivity index (χ1) is 10.2. The highest BCUT2D eigenvalue weighted by atomic mass is 16.5. The molecule has 0 aliphatic rings. The third-order valence-corrected chi connectivity index (χ3v) is 2.93. The Hall–Kier alpha value is -1.78. The van der Waals surface area contributed by atoms with E-state index in [1.165, 1.54) is 5.56 Å². The number of hydrogen-bond donors (Lipinski definition) is 1. The molecule has 0 saturated heterocycles. The summed E-state index contributed by atoms with van der Waals surface area (Å²) in [5.74, 6) is 1.71. The molecule has 0 atom stereocenters. The monoisotopic (exact) mass is 289 g/mol. The second kappa shape index (κ2) is 8.49. The largest absolute Gasteiger partial charge is 0.491 e. The molecule has 0 bridgehead atoms. The van der Waals surface area contributed by atoms with E-state index in [-0.39, 0.29) is 0 Å². The molecule has 4 nitrogen and oxygen atoms in total. The summed E-state index contributed by atoms with van der Waals surface area (Å²) in [5, 5.41) is 3.39. The van der Waals surface area contributed by atoms with Gasteiger partial charge in [-0.15, -0.1) is 0 Å². The summed E-state index contributed by atoms with van der Waals surface area (Å²) in [5.41, 5.74) is 1.22. The van der Waals surface area contributed by atoms with Crippen LogP contribution in [0.4, 0.5) is 0 Å². The Kier molecular flexibility index (Phi) is 6.31. The minimum Gasteiger partial charge on any atom is -0.491 e. The summed E-state index contributed by atoms with van der Waals surface area (Å²) in [4.78, 5) is 0. The van der Waals surface area contributed by atoms with E-state index in [2.05, 4.69) is 31.3 Å². The average Bonchev–Trinajstić information content (AvgIpc) is 2.98. The second-order valence-electron chi connectivity index (χ2n) is 5.16. The number of hydrogen-bond acceptors (Lipinski definition) is 4. The highest BCUT2D eigenvalue weighted by Crippen LogP contribution is 2.13. The van der Waals surface area contributed by atoms with Crippen LogP contribution >= 0.6 is 0 Å². The summed E-state index contributed by atoms with van der Waals surface area (Å²) < 4.78 is 16.4. The van der Waals surface area contributed by atoms with Gasteiger partial charge in [0.05, 0.1) is 12.9 Å². The van der Waals surface area contributed by atoms with Crippen LogP contribution in [0.3, 0.4) is 0 Å². The van der Waals surface area contributed by atoms with Crippen molar-refractivity contribution < 1.29 is 13.9 Å². The summed E-state index contributed by atoms with van der Waals surface area (Å²) in [7, 11) is 0. The molecule has 0 unspecified atom stereocenters. The van der Waals surface area contributed by atoms with Gasteiger partial charge in [-0.3, -0.25) is 0 Å². The Bertz CT molecular complexity index is 509. The van der Waals surface area contributed by atoms with Gasteiger partial charge in [0, 0.05) is 12.6 Å². The smallest absolute Gasteiger partial charge is 0.129 e. The highest BCUT2D eigenvalue weighted by molar-refractivity contribution is 5.28. The van der Waals surface area contributed by atoms with Crippen molar-refractivity contribution in [3.05, 3.63) is 54.0 Å². The van der Waals surface area contributed by atoms with Crippen molar-refractivity contribution in [2.75, 3.05) is 13.2 Å². The van der Waals surface area contributed by atoms with Gasteiger partial charge in [0.25, 0.3) is 0 Å². The van der Waals surface area contributed by atoms with E-state index in [1.54, 1.807) is 6.26 Å². The van der Waals surface area contributed by atoms with Gasteiger partial charge in [0.15, 0.2) is 0 Å². The lowest BCUT2D eigenvalue weighted by Gasteiger charge is -2.10. The Morgan fingerprint density at radius 1 is 1.14 bits per heavy atom. The van der Waals surface area contributed by atoms with E-state index in [0.29, 0.717) is 25.9 Å². The quantitative estimate of drug-likeness (QED) is 0.719. The van der Waals surface area contributed by atoms with Crippen LogP contribution < -0.4 is 10.1 Å². The highest BCUT2D eigenvalue weighted by Gasteiger charge is 1.99. The number of benzene rings is 1. The zero-order valence-corrected chi connectivity index (χ0v) is 12.7. The summed E-state index contributed by atoms with van der Waals surface area (Å²) in [6.07, 6.45) is 1.64. The molecule has 0 aliphatic carbocycles. The van der Waals surface area contributed by atoms with Gasteiger partial charge >= 0.3 is 0 Å². The minimum absolute atomic E-state index is 0.476. The Labute approximate surface area is 126 Å². The lowest BCUT2D eigenvalue weighted by atomic mass is 10.2. The minimum atomic E-state index is 0.476. The van der Waals surface area contributed by atoms with Gasteiger partial charge in [-0.05, 0) is 29.8 Å². The van der Waals surface area contributed by atoms with Crippen molar-refractivity contribution in [2.24, 2.45) is 0 Å². The molecule has 0 radical (unpaired) electrons. The third kappa shape index (κ3) is 6.02. The molecule has 0 saturated carbocycles. The van der Waals surface area contributed by atoms with Crippen LogP contribution in [0.2, 0.25) is 0 Å². The number of ether oxygens (including phenoxy) is 2. The molecule has 4 heteroatoms. The first-order valence-electron chi connectivity index (χ1n) is 7.29. The average molecular weight is 289 g/mol. The molecule has 2 rings (SSSR count). The fraction of sp³-hybridized carbons (Fsp3) is 0.412. The van der Waals surface area contributed by atoms with Gasteiger partial charge in [0.1, 0.15) is 24.7 Å². The third-order valence-electron chi connectivity index (χ3n) is 2.93. The van der Waals surface area contributed by atoms with Crippen molar-refractivity contribution >= 4 is 0 Å². The van der Waals surface area contributed by atoms with Gasteiger partial charge in [-0.2, -0.15) is 0 Å². The SMILES string of the molecule is CC(C)NCc1cccc(OCCOCc2ccco2)c1. The first-order valence-corrected chi connectivity index (χ1v) is 7.29. The topological polar surface area (TPSA) is 43.6 Å². The zero-order valence-electron chi connectivity index (χ0n) is 12.7. The van der Waals surface area contributed by atoms with E-state index < -0.39 is 0 Å². The molecule has 2 aromatic rings. The molecule has 0 aliphatic heterocycles. The van der Waals surface area contributed by atoms with E-state index in [4.69, 9.17) is 13.9 Å². The molecule has 0 fully saturated rings. The number of furan rings is 1. The Morgan fingerprint density at radius 3 is 2.81 bits per heavy atom. The van der Waals surface area contributed by atoms with Crippen LogP contribution in [-0.4, -0.2) is 19.3 Å². The Balaban J connectivity index is 1.66. The molecule has 114 valence electrons. The van der Waals surface area contributed by atoms with Crippen molar-refractivity contribution in [1.82, 2.24) is 5.32 Å². The first kappa shape index (κ1) is 15.6. The van der Waals surface area contributed by atoms with Crippen LogP contribution in [-0.2, 0) is 17.9 Å². The van der Waals surface area contributed by atoms with Gasteiger partial charge in [0.2, 0.25) is 0 Å². The molecule has 1 aromatic heterocycles. The standard InChI is InChI=1S/C17H23NO3/c1-14(2)18-12-15-5-3-6-16(11-15)21-10-9-19-13-17-7-4-8-20-17/h3-8,11,14,18H,9-10,12-13H2,1-2H3. The van der Waals surface area contributed by atoms with E-state index in [1.807, 2.05) is 24.3 Å². The predicted octanol–water partition coefficient (Wildman–Crippen LogP) is 3.37. The predicted molar refractivity (Wildman–Crippen MR) is 82.3 cm³/mol. The maximum atomic E-state index is 5.69. The molecule has 0 amide bonds. The van der Waals surface area contributed by atoms with Crippen LogP contribution in [0.25, 0.3) is 0 Å². The summed E-state index contributed by atoms with van der Waals surface area (Å²) in [6, 6.07) is 12.3. The lowest BCUT2D eigenvalue weighted by Crippen LogP contribution is -2.21. The van der Waals surface area contributed by atoms with Crippen LogP contribution in [0, 0.1) is 0 Å². The number of rotatable bonds is 9. The fourth-order valence-corrected chi connectivity index (χ4v) is 1.85. The molecular formula is C17H23NO3. The van der Waals surface area contributed by atoms with Gasteiger partial charge in [-0.1, -0.05) is 26.0 Å². The van der Waals surface area contributed by atoms with Gasteiger partial charge < -0.3 is 19.2 Å². The maximum Gasteiger partial charge on any atom is 0.129 e. The summed E-state index contributed by atoms with van der Waals surface area (Å²) in [6.45, 7) is 6.67. The second-order valence-corrected chi connectivity index (χ2v) is 5.16. The molecule has 0 spiro atoms. The van der Waals surface area contributed by atoms with E-state index in [0.717, 1.165) is 18.1 Å². The zero-order chi connectivity index (χ0) is 14.9. The Morgan fingerprint density at radius 2 is 2.05 bits per heavy atom. The molecule has 1 aromatic carbocycles. The van der Waals surface area contributed by atoms with Crippen LogP contribution in [0.5, 0.6) is 5.75 Å². The molecule has 1 N–H and O–H groups in total. The summed E-state index contributed by atoms with van der Waals surface area (Å²) >= 11 is 0. The van der Waals surface area contributed by atoms with Gasteiger partial charge in [-0.25, -0.2) is 0 Å². The fourth-order valence-electron chi connectivity index (χ4n) is 1.85. The normalized spacial score (nSPS) is 11.0.